The van der Waals surface area contributed by atoms with Gasteiger partial charge in [-0.15, -0.1) is 0 Å². The number of thiocarbonyl (C=S) groups is 1. The van der Waals surface area contributed by atoms with Crippen molar-refractivity contribution in [3.8, 4) is 0 Å². The summed E-state index contributed by atoms with van der Waals surface area (Å²) in [4.78, 5) is 0. The fourth-order valence-corrected chi connectivity index (χ4v) is 4.15. The van der Waals surface area contributed by atoms with Crippen LogP contribution in [0, 0.1) is 0 Å². The van der Waals surface area contributed by atoms with E-state index in [1.54, 1.807) is 0 Å². The van der Waals surface area contributed by atoms with Gasteiger partial charge in [0.05, 0.1) is 6.21 Å². The van der Waals surface area contributed by atoms with Gasteiger partial charge in [0.25, 0.3) is 0 Å². The second-order valence-electron chi connectivity index (χ2n) is 7.95. The standard InChI is InChI=1S/C28H24N4S/c33-28(29-17-21-8-2-1-3-9-21)31-30-18-25-20-32(27-13-7-6-12-26(25)27)19-22-14-15-23-10-4-5-11-24(23)16-22/h1-16,18,20H,17,19H2,(H2,29,31,33)/b30-18+. The second-order valence-corrected chi connectivity index (χ2v) is 8.36. The highest BCUT2D eigenvalue weighted by molar-refractivity contribution is 7.80. The molecule has 0 aliphatic carbocycles. The van der Waals surface area contributed by atoms with Crippen LogP contribution in [0.3, 0.4) is 0 Å². The molecule has 1 aromatic heterocycles. The van der Waals surface area contributed by atoms with Gasteiger partial charge >= 0.3 is 0 Å². The number of hydrogen-bond donors (Lipinski definition) is 2. The molecule has 1 heterocycles. The summed E-state index contributed by atoms with van der Waals surface area (Å²) >= 11 is 5.35. The minimum atomic E-state index is 0.495. The molecule has 5 heteroatoms. The van der Waals surface area contributed by atoms with E-state index in [2.05, 4.69) is 105 Å². The van der Waals surface area contributed by atoms with E-state index >= 15 is 0 Å². The number of nitrogens with zero attached hydrogens (tertiary/aromatic N) is 2. The largest absolute Gasteiger partial charge is 0.357 e. The van der Waals surface area contributed by atoms with E-state index in [0.717, 1.165) is 17.5 Å². The molecule has 0 amide bonds. The van der Waals surface area contributed by atoms with Crippen LogP contribution in [0.1, 0.15) is 16.7 Å². The van der Waals surface area contributed by atoms with Crippen molar-refractivity contribution in [3.05, 3.63) is 120 Å². The highest BCUT2D eigenvalue weighted by Gasteiger charge is 2.08. The number of para-hydroxylation sites is 1. The van der Waals surface area contributed by atoms with Crippen molar-refractivity contribution in [2.45, 2.75) is 13.1 Å². The Kier molecular flexibility index (Phi) is 6.13. The smallest absolute Gasteiger partial charge is 0.187 e. The highest BCUT2D eigenvalue weighted by atomic mass is 32.1. The van der Waals surface area contributed by atoms with Crippen molar-refractivity contribution in [1.29, 1.82) is 0 Å². The zero-order chi connectivity index (χ0) is 22.5. The monoisotopic (exact) mass is 448 g/mol. The van der Waals surface area contributed by atoms with E-state index in [9.17, 15) is 0 Å². The number of rotatable bonds is 6. The Morgan fingerprint density at radius 1 is 0.818 bits per heavy atom. The summed E-state index contributed by atoms with van der Waals surface area (Å²) in [5.41, 5.74) is 7.58. The number of benzene rings is 4. The normalized spacial score (nSPS) is 11.3. The molecule has 0 radical (unpaired) electrons. The van der Waals surface area contributed by atoms with Gasteiger partial charge in [0, 0.05) is 35.8 Å². The molecule has 2 N–H and O–H groups in total. The first-order valence-electron chi connectivity index (χ1n) is 10.9. The van der Waals surface area contributed by atoms with Crippen LogP contribution in [0.2, 0.25) is 0 Å². The zero-order valence-corrected chi connectivity index (χ0v) is 18.9. The molecular weight excluding hydrogens is 424 g/mol. The van der Waals surface area contributed by atoms with E-state index in [1.807, 2.05) is 24.4 Å². The lowest BCUT2D eigenvalue weighted by atomic mass is 10.1. The molecule has 0 aliphatic rings. The number of fused-ring (bicyclic) bond motifs is 2. The molecule has 0 aliphatic heterocycles. The Labute approximate surface area is 198 Å². The summed E-state index contributed by atoms with van der Waals surface area (Å²) in [5.74, 6) is 0. The number of nitrogens with one attached hydrogen (secondary N) is 2. The molecular formula is C28H24N4S. The predicted molar refractivity (Wildman–Crippen MR) is 142 cm³/mol. The molecule has 0 fully saturated rings. The van der Waals surface area contributed by atoms with Gasteiger partial charge in [-0.1, -0.05) is 84.9 Å². The van der Waals surface area contributed by atoms with Gasteiger partial charge in [-0.05, 0) is 46.2 Å². The Morgan fingerprint density at radius 3 is 2.45 bits per heavy atom. The maximum atomic E-state index is 5.35. The van der Waals surface area contributed by atoms with E-state index in [-0.39, 0.29) is 0 Å². The molecule has 5 rings (SSSR count). The van der Waals surface area contributed by atoms with E-state index in [0.29, 0.717) is 11.7 Å². The molecule has 0 saturated heterocycles. The molecule has 33 heavy (non-hydrogen) atoms. The molecule has 0 spiro atoms. The lowest BCUT2D eigenvalue weighted by Gasteiger charge is -2.07. The van der Waals surface area contributed by atoms with Crippen LogP contribution in [-0.4, -0.2) is 15.9 Å². The highest BCUT2D eigenvalue weighted by Crippen LogP contribution is 2.23. The Bertz CT molecular complexity index is 1440. The van der Waals surface area contributed by atoms with Crippen LogP contribution in [0.4, 0.5) is 0 Å². The first-order chi connectivity index (χ1) is 16.3. The average Bonchev–Trinajstić information content (AvgIpc) is 3.20. The summed E-state index contributed by atoms with van der Waals surface area (Å²) in [6.07, 6.45) is 3.97. The average molecular weight is 449 g/mol. The van der Waals surface area contributed by atoms with Gasteiger partial charge in [-0.3, -0.25) is 5.43 Å². The third-order valence-electron chi connectivity index (χ3n) is 5.65. The molecule has 4 nitrogen and oxygen atoms in total. The van der Waals surface area contributed by atoms with Crippen molar-refractivity contribution < 1.29 is 0 Å². The summed E-state index contributed by atoms with van der Waals surface area (Å²) < 4.78 is 2.27. The molecule has 0 atom stereocenters. The lowest BCUT2D eigenvalue weighted by Crippen LogP contribution is -2.31. The maximum absolute atomic E-state index is 5.35. The number of hydrazone groups is 1. The van der Waals surface area contributed by atoms with Gasteiger partial charge in [0.15, 0.2) is 5.11 Å². The molecule has 162 valence electrons. The first kappa shape index (κ1) is 20.9. The van der Waals surface area contributed by atoms with Crippen LogP contribution in [0.5, 0.6) is 0 Å². The molecule has 0 saturated carbocycles. The van der Waals surface area contributed by atoms with Crippen molar-refractivity contribution in [2.24, 2.45) is 5.10 Å². The maximum Gasteiger partial charge on any atom is 0.187 e. The molecule has 4 aromatic carbocycles. The predicted octanol–water partition coefficient (Wildman–Crippen LogP) is 5.84. The third-order valence-corrected chi connectivity index (χ3v) is 5.89. The minimum Gasteiger partial charge on any atom is -0.357 e. The van der Waals surface area contributed by atoms with Gasteiger partial charge in [0.1, 0.15) is 0 Å². The molecule has 5 aromatic rings. The zero-order valence-electron chi connectivity index (χ0n) is 18.1. The fourth-order valence-electron chi connectivity index (χ4n) is 4.02. The summed E-state index contributed by atoms with van der Waals surface area (Å²) in [5, 5.41) is 11.7. The van der Waals surface area contributed by atoms with Crippen LogP contribution < -0.4 is 10.7 Å². The summed E-state index contributed by atoms with van der Waals surface area (Å²) in [6.45, 7) is 1.46. The SMILES string of the molecule is S=C(NCc1ccccc1)N/N=C/c1cn(Cc2ccc3ccccc3c2)c2ccccc12. The summed E-state index contributed by atoms with van der Waals surface area (Å²) in [7, 11) is 0. The minimum absolute atomic E-state index is 0.495. The van der Waals surface area contributed by atoms with Gasteiger partial charge < -0.3 is 9.88 Å². The van der Waals surface area contributed by atoms with Gasteiger partial charge in [0.2, 0.25) is 0 Å². The number of aromatic nitrogens is 1. The van der Waals surface area contributed by atoms with Crippen molar-refractivity contribution >= 4 is 45.2 Å². The Morgan fingerprint density at radius 2 is 1.58 bits per heavy atom. The first-order valence-corrected chi connectivity index (χ1v) is 11.3. The topological polar surface area (TPSA) is 41.4 Å². The van der Waals surface area contributed by atoms with Crippen LogP contribution in [0.25, 0.3) is 21.7 Å². The van der Waals surface area contributed by atoms with E-state index in [4.69, 9.17) is 12.2 Å². The van der Waals surface area contributed by atoms with Gasteiger partial charge in [-0.2, -0.15) is 5.10 Å². The second kappa shape index (κ2) is 9.67. The van der Waals surface area contributed by atoms with Crippen LogP contribution in [-0.2, 0) is 13.1 Å². The van der Waals surface area contributed by atoms with E-state index < -0.39 is 0 Å². The van der Waals surface area contributed by atoms with Crippen molar-refractivity contribution in [1.82, 2.24) is 15.3 Å². The Hall–Kier alpha value is -3.96. The van der Waals surface area contributed by atoms with Crippen molar-refractivity contribution in [3.63, 3.8) is 0 Å². The van der Waals surface area contributed by atoms with E-state index in [1.165, 1.54) is 27.4 Å². The third kappa shape index (κ3) is 4.94. The van der Waals surface area contributed by atoms with Crippen LogP contribution in [0.15, 0.2) is 108 Å². The molecule has 0 bridgehead atoms. The quantitative estimate of drug-likeness (QED) is 0.195. The van der Waals surface area contributed by atoms with Crippen molar-refractivity contribution in [2.75, 3.05) is 0 Å². The molecule has 0 unspecified atom stereocenters. The summed E-state index contributed by atoms with van der Waals surface area (Å²) in [6, 6.07) is 33.6. The fraction of sp³-hybridized carbons (Fsp3) is 0.0714. The van der Waals surface area contributed by atoms with Crippen LogP contribution >= 0.6 is 12.2 Å². The van der Waals surface area contributed by atoms with Gasteiger partial charge in [-0.25, -0.2) is 0 Å². The lowest BCUT2D eigenvalue weighted by molar-refractivity contribution is 0.837. The Balaban J connectivity index is 1.31. The number of hydrogen-bond acceptors (Lipinski definition) is 2.